The molecule has 1 amide bonds. The van der Waals surface area contributed by atoms with Gasteiger partial charge in [0.05, 0.1) is 18.6 Å². The first-order valence-electron chi connectivity index (χ1n) is 8.92. The molecule has 4 rings (SSSR count). The molecule has 146 valence electrons. The van der Waals surface area contributed by atoms with Crippen molar-refractivity contribution in [1.29, 1.82) is 0 Å². The number of anilines is 1. The van der Waals surface area contributed by atoms with Gasteiger partial charge in [-0.3, -0.25) is 9.20 Å². The minimum atomic E-state index is -0.348. The van der Waals surface area contributed by atoms with E-state index in [1.807, 2.05) is 25.7 Å². The Balaban J connectivity index is 1.55. The molecule has 10 heteroatoms. The smallest absolute Gasteiger partial charge is 0.410 e. The van der Waals surface area contributed by atoms with Crippen molar-refractivity contribution in [2.24, 2.45) is 0 Å². The number of hydrogen-bond donors (Lipinski definition) is 0. The van der Waals surface area contributed by atoms with Crippen LogP contribution in [-0.4, -0.2) is 73.6 Å². The molecule has 3 aromatic rings. The summed E-state index contributed by atoms with van der Waals surface area (Å²) in [6.07, 6.45) is 3.21. The summed E-state index contributed by atoms with van der Waals surface area (Å²) >= 11 is 0. The molecule has 4 heterocycles. The Bertz CT molecular complexity index is 1070. The third-order valence-corrected chi connectivity index (χ3v) is 4.92. The number of carbonyl (C=O) groups excluding carboxylic acids is 2. The Kier molecular flexibility index (Phi) is 4.13. The second-order valence-corrected chi connectivity index (χ2v) is 7.83. The number of aldehydes is 1. The first-order chi connectivity index (χ1) is 13.3. The van der Waals surface area contributed by atoms with E-state index in [4.69, 9.17) is 4.74 Å². The van der Waals surface area contributed by atoms with E-state index < -0.39 is 0 Å². The molecule has 1 aliphatic heterocycles. The lowest BCUT2D eigenvalue weighted by molar-refractivity contribution is 0.0365. The first-order valence-corrected chi connectivity index (χ1v) is 8.92. The van der Waals surface area contributed by atoms with E-state index in [0.717, 1.165) is 6.29 Å². The second kappa shape index (κ2) is 6.39. The van der Waals surface area contributed by atoms with Gasteiger partial charge in [0.2, 0.25) is 5.65 Å². The number of ether oxygens (including phenoxy) is 1. The second-order valence-electron chi connectivity index (χ2n) is 7.83. The van der Waals surface area contributed by atoms with Gasteiger partial charge < -0.3 is 14.5 Å². The molecule has 0 unspecified atom stereocenters. The topological polar surface area (TPSA) is 106 Å². The van der Waals surface area contributed by atoms with Crippen molar-refractivity contribution in [2.45, 2.75) is 32.4 Å². The zero-order valence-electron chi connectivity index (χ0n) is 16.2. The van der Waals surface area contributed by atoms with Crippen LogP contribution >= 0.6 is 0 Å². The highest BCUT2D eigenvalue weighted by Crippen LogP contribution is 2.27. The molecule has 10 nitrogen and oxygen atoms in total. The van der Waals surface area contributed by atoms with Crippen LogP contribution in [0.25, 0.3) is 16.8 Å². The molecule has 0 N–H and O–H groups in total. The molecular weight excluding hydrogens is 362 g/mol. The van der Waals surface area contributed by atoms with Crippen molar-refractivity contribution in [2.75, 3.05) is 25.0 Å². The summed E-state index contributed by atoms with van der Waals surface area (Å²) in [5, 5.41) is 8.11. The minimum absolute atomic E-state index is 0.219. The van der Waals surface area contributed by atoms with Crippen LogP contribution in [0.2, 0.25) is 0 Å². The van der Waals surface area contributed by atoms with Crippen LogP contribution in [0, 0.1) is 0 Å². The SMILES string of the molecule is CN(C(=O)OC1CN(c2nc3ncc(C=O)cc3n3cnnc23)C1)C(C)(C)C. The molecule has 0 aliphatic carbocycles. The van der Waals surface area contributed by atoms with E-state index in [0.29, 0.717) is 41.3 Å². The van der Waals surface area contributed by atoms with Gasteiger partial charge in [-0.2, -0.15) is 0 Å². The van der Waals surface area contributed by atoms with Crippen LogP contribution in [0.3, 0.4) is 0 Å². The average molecular weight is 383 g/mol. The van der Waals surface area contributed by atoms with E-state index in [1.165, 1.54) is 6.20 Å². The molecule has 1 saturated heterocycles. The number of amides is 1. The third-order valence-electron chi connectivity index (χ3n) is 4.92. The summed E-state index contributed by atoms with van der Waals surface area (Å²) in [5.74, 6) is 0.618. The standard InChI is InChI=1S/C18H21N7O3/c1-18(2,3)23(4)17(27)28-12-7-24(8-12)15-16-22-20-10-25(16)13-5-11(9-26)6-19-14(13)21-15/h5-6,9-10,12H,7-8H2,1-4H3. The quantitative estimate of drug-likeness (QED) is 0.627. The van der Waals surface area contributed by atoms with Crippen molar-refractivity contribution in [3.8, 4) is 0 Å². The number of fused-ring (bicyclic) bond motifs is 3. The highest BCUT2D eigenvalue weighted by molar-refractivity contribution is 5.85. The van der Waals surface area contributed by atoms with E-state index in [-0.39, 0.29) is 17.7 Å². The number of rotatable bonds is 3. The van der Waals surface area contributed by atoms with Crippen LogP contribution in [0.1, 0.15) is 31.1 Å². The number of hydrogen-bond acceptors (Lipinski definition) is 8. The van der Waals surface area contributed by atoms with Gasteiger partial charge >= 0.3 is 6.09 Å². The van der Waals surface area contributed by atoms with Crippen molar-refractivity contribution in [1.82, 2.24) is 29.5 Å². The van der Waals surface area contributed by atoms with Crippen molar-refractivity contribution >= 4 is 35.0 Å². The van der Waals surface area contributed by atoms with Crippen molar-refractivity contribution in [3.63, 3.8) is 0 Å². The lowest BCUT2D eigenvalue weighted by Crippen LogP contribution is -2.55. The molecule has 3 aromatic heterocycles. The zero-order valence-corrected chi connectivity index (χ0v) is 16.2. The molecule has 0 aromatic carbocycles. The van der Waals surface area contributed by atoms with E-state index in [9.17, 15) is 9.59 Å². The highest BCUT2D eigenvalue weighted by Gasteiger charge is 2.35. The summed E-state index contributed by atoms with van der Waals surface area (Å²) < 4.78 is 7.31. The van der Waals surface area contributed by atoms with Gasteiger partial charge in [0.1, 0.15) is 12.4 Å². The summed E-state index contributed by atoms with van der Waals surface area (Å²) in [6.45, 7) is 6.87. The Morgan fingerprint density at radius 3 is 2.79 bits per heavy atom. The number of carbonyl (C=O) groups is 2. The van der Waals surface area contributed by atoms with Crippen LogP contribution in [-0.2, 0) is 4.74 Å². The molecule has 0 atom stereocenters. The maximum absolute atomic E-state index is 12.2. The normalized spacial score (nSPS) is 14.9. The lowest BCUT2D eigenvalue weighted by atomic mass is 10.1. The summed E-state index contributed by atoms with van der Waals surface area (Å²) in [7, 11) is 1.72. The average Bonchev–Trinajstić information content (AvgIpc) is 3.12. The van der Waals surface area contributed by atoms with Gasteiger partial charge in [-0.05, 0) is 26.8 Å². The van der Waals surface area contributed by atoms with Gasteiger partial charge in [-0.1, -0.05) is 0 Å². The van der Waals surface area contributed by atoms with Gasteiger partial charge in [-0.15, -0.1) is 10.2 Å². The largest absolute Gasteiger partial charge is 0.442 e. The highest BCUT2D eigenvalue weighted by atomic mass is 16.6. The van der Waals surface area contributed by atoms with E-state index in [1.54, 1.807) is 28.7 Å². The maximum Gasteiger partial charge on any atom is 0.410 e. The third kappa shape index (κ3) is 3.00. The Labute approximate surface area is 161 Å². The Morgan fingerprint density at radius 1 is 1.36 bits per heavy atom. The van der Waals surface area contributed by atoms with Crippen molar-refractivity contribution in [3.05, 3.63) is 24.2 Å². The fourth-order valence-corrected chi connectivity index (χ4v) is 2.90. The Morgan fingerprint density at radius 2 is 2.11 bits per heavy atom. The van der Waals surface area contributed by atoms with Gasteiger partial charge in [-0.25, -0.2) is 14.8 Å². The summed E-state index contributed by atoms with van der Waals surface area (Å²) in [5.41, 5.74) is 1.86. The van der Waals surface area contributed by atoms with Gasteiger partial charge in [0, 0.05) is 24.3 Å². The molecule has 0 saturated carbocycles. The molecule has 0 radical (unpaired) electrons. The lowest BCUT2D eigenvalue weighted by Gasteiger charge is -2.41. The molecular formula is C18H21N7O3. The van der Waals surface area contributed by atoms with Crippen LogP contribution in [0.15, 0.2) is 18.6 Å². The molecule has 0 bridgehead atoms. The number of nitrogens with zero attached hydrogens (tertiary/aromatic N) is 7. The fourth-order valence-electron chi connectivity index (χ4n) is 2.90. The number of pyridine rings is 1. The maximum atomic E-state index is 12.2. The fraction of sp³-hybridized carbons (Fsp3) is 0.444. The molecule has 1 fully saturated rings. The Hall–Kier alpha value is -3.30. The summed E-state index contributed by atoms with van der Waals surface area (Å²) in [4.78, 5) is 35.7. The first kappa shape index (κ1) is 18.1. The monoisotopic (exact) mass is 383 g/mol. The molecule has 28 heavy (non-hydrogen) atoms. The minimum Gasteiger partial charge on any atom is -0.442 e. The van der Waals surface area contributed by atoms with Crippen LogP contribution in [0.5, 0.6) is 0 Å². The van der Waals surface area contributed by atoms with Gasteiger partial charge in [0.25, 0.3) is 0 Å². The van der Waals surface area contributed by atoms with Crippen molar-refractivity contribution < 1.29 is 14.3 Å². The number of aromatic nitrogens is 5. The zero-order chi connectivity index (χ0) is 20.1. The van der Waals surface area contributed by atoms with Crippen LogP contribution in [0.4, 0.5) is 10.6 Å². The predicted molar refractivity (Wildman–Crippen MR) is 101 cm³/mol. The predicted octanol–water partition coefficient (Wildman–Crippen LogP) is 1.54. The van der Waals surface area contributed by atoms with E-state index >= 15 is 0 Å². The molecule has 1 aliphatic rings. The van der Waals surface area contributed by atoms with Gasteiger partial charge in [0.15, 0.2) is 17.8 Å². The van der Waals surface area contributed by atoms with E-state index in [2.05, 4.69) is 20.2 Å². The summed E-state index contributed by atoms with van der Waals surface area (Å²) in [6, 6.07) is 1.70. The van der Waals surface area contributed by atoms with Crippen LogP contribution < -0.4 is 4.90 Å². The molecule has 0 spiro atoms.